The minimum absolute atomic E-state index is 0.188. The van der Waals surface area contributed by atoms with E-state index in [0.29, 0.717) is 17.1 Å². The zero-order valence-electron chi connectivity index (χ0n) is 22.4. The van der Waals surface area contributed by atoms with Crippen molar-refractivity contribution in [3.05, 3.63) is 77.5 Å². The minimum atomic E-state index is -0.661. The average Bonchev–Trinajstić information content (AvgIpc) is 2.90. The molecule has 3 rings (SSSR count). The van der Waals surface area contributed by atoms with Crippen LogP contribution in [0.3, 0.4) is 0 Å². The minimum Gasteiger partial charge on any atom is -0.342 e. The van der Waals surface area contributed by atoms with Crippen LogP contribution in [0.1, 0.15) is 22.3 Å². The number of amides is 2. The van der Waals surface area contributed by atoms with Crippen molar-refractivity contribution in [1.82, 2.24) is 19.8 Å². The van der Waals surface area contributed by atoms with Gasteiger partial charge in [0.05, 0.1) is 17.4 Å². The van der Waals surface area contributed by atoms with Gasteiger partial charge >= 0.3 is 0 Å². The Morgan fingerprint density at radius 3 is 2.46 bits per heavy atom. The molecule has 0 aliphatic carbocycles. The molecule has 10 nitrogen and oxygen atoms in total. The average molecular weight is 550 g/mol. The van der Waals surface area contributed by atoms with Crippen LogP contribution in [0.25, 0.3) is 0 Å². The Morgan fingerprint density at radius 1 is 1.03 bits per heavy atom. The summed E-state index contributed by atoms with van der Waals surface area (Å²) in [6.45, 7) is 4.45. The van der Waals surface area contributed by atoms with Crippen molar-refractivity contribution < 1.29 is 14.4 Å². The number of rotatable bonds is 12. The Hall–Kier alpha value is -4.28. The van der Waals surface area contributed by atoms with Gasteiger partial charge in [0.25, 0.3) is 11.7 Å². The Labute approximate surface area is 233 Å². The van der Waals surface area contributed by atoms with Gasteiger partial charge in [0.1, 0.15) is 5.02 Å². The predicted octanol–water partition coefficient (Wildman–Crippen LogP) is 4.51. The molecule has 0 radical (unpaired) electrons. The maximum absolute atomic E-state index is 12.7. The van der Waals surface area contributed by atoms with Gasteiger partial charge in [-0.15, -0.1) is 0 Å². The Morgan fingerprint density at radius 2 is 1.77 bits per heavy atom. The Bertz CT molecular complexity index is 1380. The normalized spacial score (nSPS) is 10.6. The van der Waals surface area contributed by atoms with E-state index in [9.17, 15) is 14.4 Å². The molecule has 0 atom stereocenters. The Balaban J connectivity index is 1.86. The van der Waals surface area contributed by atoms with Crippen molar-refractivity contribution in [3.8, 4) is 0 Å². The first-order valence-electron chi connectivity index (χ1n) is 12.2. The van der Waals surface area contributed by atoms with E-state index in [-0.39, 0.29) is 28.3 Å². The number of carbonyl (C=O) groups is 3. The number of nitrogens with one attached hydrogen (secondary N) is 3. The van der Waals surface area contributed by atoms with Crippen LogP contribution in [0.4, 0.5) is 28.8 Å². The summed E-state index contributed by atoms with van der Waals surface area (Å²) in [5.41, 5.74) is 2.86. The number of anilines is 5. The molecular weight excluding hydrogens is 518 g/mol. The number of Topliss-reactive ketones (excluding diaryl/α,β-unsaturated/α-hetero) is 1. The smallest absolute Gasteiger partial charge is 0.294 e. The SMILES string of the molecule is C=CC(=O)Nc1cc(Nc2ncc(Cl)c(Nc3ccccc3C(=O)C(=O)N(C)C)n2)ccc1CCCN(C)C. The molecule has 3 N–H and O–H groups in total. The molecule has 11 heteroatoms. The Kier molecular flexibility index (Phi) is 10.1. The molecule has 204 valence electrons. The molecule has 1 heterocycles. The van der Waals surface area contributed by atoms with E-state index in [4.69, 9.17) is 11.6 Å². The van der Waals surface area contributed by atoms with Crippen LogP contribution in [0, 0.1) is 0 Å². The lowest BCUT2D eigenvalue weighted by Crippen LogP contribution is -2.30. The molecule has 1 aromatic heterocycles. The van der Waals surface area contributed by atoms with Crippen molar-refractivity contribution in [2.75, 3.05) is 50.7 Å². The zero-order valence-corrected chi connectivity index (χ0v) is 23.2. The highest BCUT2D eigenvalue weighted by atomic mass is 35.5. The van der Waals surface area contributed by atoms with Crippen LogP contribution >= 0.6 is 11.6 Å². The number of hydrogen-bond acceptors (Lipinski definition) is 8. The van der Waals surface area contributed by atoms with Gasteiger partial charge in [0.2, 0.25) is 11.9 Å². The van der Waals surface area contributed by atoms with Gasteiger partial charge < -0.3 is 25.8 Å². The zero-order chi connectivity index (χ0) is 28.5. The van der Waals surface area contributed by atoms with E-state index >= 15 is 0 Å². The molecule has 0 aliphatic heterocycles. The lowest BCUT2D eigenvalue weighted by molar-refractivity contribution is -0.124. The summed E-state index contributed by atoms with van der Waals surface area (Å²) in [5.74, 6) is -1.14. The monoisotopic (exact) mass is 549 g/mol. The first-order valence-corrected chi connectivity index (χ1v) is 12.6. The van der Waals surface area contributed by atoms with Crippen molar-refractivity contribution in [2.24, 2.45) is 0 Å². The van der Waals surface area contributed by atoms with Crippen molar-refractivity contribution >= 4 is 58.0 Å². The first kappa shape index (κ1) is 29.3. The maximum atomic E-state index is 12.7. The number of likely N-dealkylation sites (N-methyl/N-ethyl adjacent to an activating group) is 1. The number of para-hydroxylation sites is 1. The summed E-state index contributed by atoms with van der Waals surface area (Å²) in [6.07, 6.45) is 4.35. The van der Waals surface area contributed by atoms with Crippen LogP contribution < -0.4 is 16.0 Å². The number of aryl methyl sites for hydroxylation is 1. The molecule has 2 amide bonds. The lowest BCUT2D eigenvalue weighted by atomic mass is 10.1. The first-order chi connectivity index (χ1) is 18.6. The fraction of sp³-hybridized carbons (Fsp3) is 0.250. The fourth-order valence-electron chi connectivity index (χ4n) is 3.64. The van der Waals surface area contributed by atoms with Gasteiger partial charge in [-0.25, -0.2) is 4.98 Å². The number of aromatic nitrogens is 2. The van der Waals surface area contributed by atoms with E-state index in [2.05, 4.69) is 37.4 Å². The highest BCUT2D eigenvalue weighted by Gasteiger charge is 2.21. The van der Waals surface area contributed by atoms with Crippen LogP contribution in [0.5, 0.6) is 0 Å². The largest absolute Gasteiger partial charge is 0.342 e. The van der Waals surface area contributed by atoms with E-state index < -0.39 is 11.7 Å². The molecule has 3 aromatic rings. The second-order valence-corrected chi connectivity index (χ2v) is 9.59. The summed E-state index contributed by atoms with van der Waals surface area (Å²) >= 11 is 6.35. The maximum Gasteiger partial charge on any atom is 0.294 e. The standard InChI is InChI=1S/C28H32ClN7O3/c1-6-24(37)32-23-16-19(14-13-18(23)10-9-15-35(2)3)31-28-30-17-21(29)26(34-28)33-22-12-8-7-11-20(22)25(38)27(39)36(4)5/h6-8,11-14,16-17H,1,9-10,15H2,2-5H3,(H,32,37)(H2,30,31,33,34). The molecule has 0 unspecified atom stereocenters. The van der Waals surface area contributed by atoms with Crippen molar-refractivity contribution in [3.63, 3.8) is 0 Å². The topological polar surface area (TPSA) is 120 Å². The van der Waals surface area contributed by atoms with Crippen molar-refractivity contribution in [1.29, 1.82) is 0 Å². The van der Waals surface area contributed by atoms with E-state index in [1.165, 1.54) is 31.3 Å². The van der Waals surface area contributed by atoms with E-state index in [1.54, 1.807) is 30.3 Å². The molecule has 0 spiro atoms. The summed E-state index contributed by atoms with van der Waals surface area (Å²) in [7, 11) is 7.06. The number of carbonyl (C=O) groups excluding carboxylic acids is 3. The summed E-state index contributed by atoms with van der Waals surface area (Å²) in [4.78, 5) is 49.0. The van der Waals surface area contributed by atoms with Crippen LogP contribution in [-0.2, 0) is 16.0 Å². The number of ketones is 1. The van der Waals surface area contributed by atoms with Crippen LogP contribution in [0.15, 0.2) is 61.3 Å². The quantitative estimate of drug-likeness (QED) is 0.171. The summed E-state index contributed by atoms with van der Waals surface area (Å²) < 4.78 is 0. The summed E-state index contributed by atoms with van der Waals surface area (Å²) in [5, 5.41) is 9.25. The molecule has 0 aliphatic rings. The van der Waals surface area contributed by atoms with Gasteiger partial charge in [-0.3, -0.25) is 14.4 Å². The van der Waals surface area contributed by atoms with Gasteiger partial charge in [0, 0.05) is 25.5 Å². The van der Waals surface area contributed by atoms with Crippen molar-refractivity contribution in [2.45, 2.75) is 12.8 Å². The lowest BCUT2D eigenvalue weighted by Gasteiger charge is -2.16. The van der Waals surface area contributed by atoms with Gasteiger partial charge in [-0.05, 0) is 69.4 Å². The molecule has 0 saturated heterocycles. The number of benzene rings is 2. The fourth-order valence-corrected chi connectivity index (χ4v) is 3.78. The highest BCUT2D eigenvalue weighted by molar-refractivity contribution is 6.43. The molecule has 0 saturated carbocycles. The van der Waals surface area contributed by atoms with E-state index in [1.807, 2.05) is 26.2 Å². The van der Waals surface area contributed by atoms with Crippen LogP contribution in [-0.4, -0.2) is 72.1 Å². The highest BCUT2D eigenvalue weighted by Crippen LogP contribution is 2.29. The van der Waals surface area contributed by atoms with Crippen LogP contribution in [0.2, 0.25) is 5.02 Å². The number of nitrogens with zero attached hydrogens (tertiary/aromatic N) is 4. The molecular formula is C28H32ClN7O3. The second kappa shape index (κ2) is 13.5. The number of halogens is 1. The molecule has 39 heavy (non-hydrogen) atoms. The van der Waals surface area contributed by atoms with E-state index in [0.717, 1.165) is 24.9 Å². The number of hydrogen-bond donors (Lipinski definition) is 3. The molecule has 0 fully saturated rings. The predicted molar refractivity (Wildman–Crippen MR) is 155 cm³/mol. The third-order valence-corrected chi connectivity index (χ3v) is 5.91. The second-order valence-electron chi connectivity index (χ2n) is 9.19. The van der Waals surface area contributed by atoms with Gasteiger partial charge in [-0.1, -0.05) is 36.4 Å². The van der Waals surface area contributed by atoms with Gasteiger partial charge in [-0.2, -0.15) is 4.98 Å². The molecule has 2 aromatic carbocycles. The molecule has 0 bridgehead atoms. The third-order valence-electron chi connectivity index (χ3n) is 5.63. The summed E-state index contributed by atoms with van der Waals surface area (Å²) in [6, 6.07) is 12.2. The van der Waals surface area contributed by atoms with Gasteiger partial charge in [0.15, 0.2) is 5.82 Å². The third kappa shape index (κ3) is 8.10.